The van der Waals surface area contributed by atoms with E-state index in [0.717, 1.165) is 16.6 Å². The van der Waals surface area contributed by atoms with Crippen LogP contribution in [-0.4, -0.2) is 31.6 Å². The molecule has 0 aliphatic heterocycles. The van der Waals surface area contributed by atoms with Crippen molar-refractivity contribution in [2.24, 2.45) is 0 Å². The number of pyridine rings is 1. The van der Waals surface area contributed by atoms with E-state index in [-0.39, 0.29) is 5.82 Å². The third kappa shape index (κ3) is 4.05. The number of benzene rings is 3. The molecule has 2 heterocycles. The van der Waals surface area contributed by atoms with Crippen LogP contribution in [-0.2, 0) is 0 Å². The number of aromatic nitrogens is 4. The largest absolute Gasteiger partial charge is 0.309 e. The molecule has 8 heteroatoms. The van der Waals surface area contributed by atoms with Gasteiger partial charge in [-0.05, 0) is 24.3 Å². The number of nitrogens with one attached hydrogen (secondary N) is 2. The highest BCUT2D eigenvalue weighted by atomic mass is 16.2. The van der Waals surface area contributed by atoms with Crippen LogP contribution in [0.5, 0.6) is 0 Å². The Bertz CT molecular complexity index is 1390. The highest BCUT2D eigenvalue weighted by molar-refractivity contribution is 6.06. The van der Waals surface area contributed by atoms with E-state index in [2.05, 4.69) is 25.9 Å². The van der Waals surface area contributed by atoms with Crippen molar-refractivity contribution in [1.29, 1.82) is 0 Å². The highest BCUT2D eigenvalue weighted by Crippen LogP contribution is 2.21. The van der Waals surface area contributed by atoms with Crippen molar-refractivity contribution in [2.45, 2.75) is 0 Å². The number of nitrogens with zero attached hydrogens (tertiary/aromatic N) is 4. The van der Waals surface area contributed by atoms with E-state index in [1.54, 1.807) is 29.1 Å². The van der Waals surface area contributed by atoms with Crippen molar-refractivity contribution in [3.8, 4) is 17.1 Å². The molecule has 2 amide bonds. The Morgan fingerprint density at radius 2 is 1.42 bits per heavy atom. The zero-order valence-electron chi connectivity index (χ0n) is 17.3. The third-order valence-corrected chi connectivity index (χ3v) is 5.01. The predicted octanol–water partition coefficient (Wildman–Crippen LogP) is 3.56. The second kappa shape index (κ2) is 8.72. The molecule has 5 rings (SSSR count). The summed E-state index contributed by atoms with van der Waals surface area (Å²) in [5, 5.41) is 5.21. The molecule has 160 valence electrons. The van der Waals surface area contributed by atoms with Gasteiger partial charge >= 0.3 is 5.91 Å². The smallest absolute Gasteiger partial charge is 0.267 e. The van der Waals surface area contributed by atoms with Crippen LogP contribution >= 0.6 is 0 Å². The summed E-state index contributed by atoms with van der Waals surface area (Å²) in [6, 6.07) is 27.8. The van der Waals surface area contributed by atoms with Crippen LogP contribution in [0.3, 0.4) is 0 Å². The zero-order valence-corrected chi connectivity index (χ0v) is 17.3. The van der Waals surface area contributed by atoms with E-state index >= 15 is 0 Å². The first-order chi connectivity index (χ1) is 16.2. The van der Waals surface area contributed by atoms with Gasteiger partial charge in [-0.2, -0.15) is 0 Å². The van der Waals surface area contributed by atoms with Crippen LogP contribution < -0.4 is 10.9 Å². The fourth-order valence-corrected chi connectivity index (χ4v) is 3.46. The van der Waals surface area contributed by atoms with Crippen molar-refractivity contribution in [1.82, 2.24) is 30.6 Å². The van der Waals surface area contributed by atoms with Gasteiger partial charge in [0, 0.05) is 17.1 Å². The Balaban J connectivity index is 1.41. The first kappa shape index (κ1) is 20.1. The van der Waals surface area contributed by atoms with Crippen LogP contribution in [0.25, 0.3) is 28.0 Å². The molecule has 5 aromatic rings. The molecule has 33 heavy (non-hydrogen) atoms. The summed E-state index contributed by atoms with van der Waals surface area (Å²) >= 11 is 0. The quantitative estimate of drug-likeness (QED) is 0.421. The molecule has 0 unspecified atom stereocenters. The van der Waals surface area contributed by atoms with Crippen LogP contribution in [0, 0.1) is 0 Å². The van der Waals surface area contributed by atoms with Crippen LogP contribution in [0.2, 0.25) is 0 Å². The molecular formula is C25H18N6O2. The van der Waals surface area contributed by atoms with E-state index in [1.807, 2.05) is 72.8 Å². The lowest BCUT2D eigenvalue weighted by molar-refractivity contribution is 0.0841. The first-order valence-corrected chi connectivity index (χ1v) is 10.2. The zero-order chi connectivity index (χ0) is 22.6. The van der Waals surface area contributed by atoms with Crippen molar-refractivity contribution in [2.75, 3.05) is 0 Å². The number of hydrogen-bond acceptors (Lipinski definition) is 5. The molecule has 2 N–H and O–H groups in total. The second-order valence-corrected chi connectivity index (χ2v) is 7.16. The van der Waals surface area contributed by atoms with Crippen molar-refractivity contribution < 1.29 is 9.59 Å². The van der Waals surface area contributed by atoms with Crippen LogP contribution in [0.1, 0.15) is 21.0 Å². The van der Waals surface area contributed by atoms with Gasteiger partial charge in [0.2, 0.25) is 5.82 Å². The lowest BCUT2D eigenvalue weighted by atomic mass is 10.1. The first-order valence-electron chi connectivity index (χ1n) is 10.2. The van der Waals surface area contributed by atoms with Crippen molar-refractivity contribution in [3.63, 3.8) is 0 Å². The van der Waals surface area contributed by atoms with Gasteiger partial charge in [-0.3, -0.25) is 25.4 Å². The monoisotopic (exact) mass is 434 g/mol. The number of rotatable bonds is 4. The molecule has 0 aliphatic carbocycles. The Morgan fingerprint density at radius 3 is 2.21 bits per heavy atom. The summed E-state index contributed by atoms with van der Waals surface area (Å²) in [5.41, 5.74) is 7.29. The van der Waals surface area contributed by atoms with Gasteiger partial charge in [-0.25, -0.2) is 9.67 Å². The van der Waals surface area contributed by atoms with Crippen molar-refractivity contribution >= 4 is 22.7 Å². The summed E-state index contributed by atoms with van der Waals surface area (Å²) in [5.74, 6) is -0.688. The minimum absolute atomic E-state index is 0.0750. The molecule has 0 radical (unpaired) electrons. The number of para-hydroxylation sites is 2. The molecule has 8 nitrogen and oxygen atoms in total. The van der Waals surface area contributed by atoms with Gasteiger partial charge in [-0.1, -0.05) is 66.7 Å². The number of amides is 2. The average molecular weight is 434 g/mol. The van der Waals surface area contributed by atoms with Gasteiger partial charge in [0.15, 0.2) is 5.82 Å². The fourth-order valence-electron chi connectivity index (χ4n) is 3.46. The summed E-state index contributed by atoms with van der Waals surface area (Å²) in [4.78, 5) is 34.2. The standard InChI is InChI=1S/C25H18N6O2/c32-24(20-15-7-11-17-12-8-16-26-21(17)20)28-29-25(33)22-27-23(18-9-3-1-4-10-18)31(30-22)19-13-5-2-6-14-19/h1-16H,(H,28,32)(H,29,33). The molecule has 0 bridgehead atoms. The summed E-state index contributed by atoms with van der Waals surface area (Å²) in [6.45, 7) is 0. The Hall–Kier alpha value is -4.85. The Kier molecular flexibility index (Phi) is 5.30. The van der Waals surface area contributed by atoms with Crippen molar-refractivity contribution in [3.05, 3.63) is 109 Å². The van der Waals surface area contributed by atoms with E-state index in [1.165, 1.54) is 0 Å². The number of carbonyl (C=O) groups excluding carboxylic acids is 2. The topological polar surface area (TPSA) is 102 Å². The van der Waals surface area contributed by atoms with Gasteiger partial charge in [-0.15, -0.1) is 5.10 Å². The maximum absolute atomic E-state index is 12.8. The maximum Gasteiger partial charge on any atom is 0.309 e. The highest BCUT2D eigenvalue weighted by Gasteiger charge is 2.20. The minimum atomic E-state index is -0.636. The molecule has 0 atom stereocenters. The van der Waals surface area contributed by atoms with Crippen LogP contribution in [0.15, 0.2) is 97.2 Å². The van der Waals surface area contributed by atoms with Gasteiger partial charge in [0.05, 0.1) is 16.8 Å². The summed E-state index contributed by atoms with van der Waals surface area (Å²) in [7, 11) is 0. The lowest BCUT2D eigenvalue weighted by Crippen LogP contribution is -2.42. The molecule has 2 aromatic heterocycles. The predicted molar refractivity (Wildman–Crippen MR) is 123 cm³/mol. The van der Waals surface area contributed by atoms with E-state index in [9.17, 15) is 9.59 Å². The minimum Gasteiger partial charge on any atom is -0.267 e. The lowest BCUT2D eigenvalue weighted by Gasteiger charge is -2.07. The Labute approximate surface area is 188 Å². The van der Waals surface area contributed by atoms with E-state index in [4.69, 9.17) is 0 Å². The SMILES string of the molecule is O=C(NNC(=O)c1cccc2cccnc12)c1nc(-c2ccccc2)n(-c2ccccc2)n1. The Morgan fingerprint density at radius 1 is 0.727 bits per heavy atom. The van der Waals surface area contributed by atoms with E-state index in [0.29, 0.717) is 16.9 Å². The molecular weight excluding hydrogens is 416 g/mol. The molecule has 0 fully saturated rings. The molecule has 0 spiro atoms. The molecule has 0 saturated carbocycles. The number of hydrazine groups is 1. The third-order valence-electron chi connectivity index (χ3n) is 5.01. The van der Waals surface area contributed by atoms with Gasteiger partial charge in [0.25, 0.3) is 5.91 Å². The summed E-state index contributed by atoms with van der Waals surface area (Å²) in [6.07, 6.45) is 1.61. The van der Waals surface area contributed by atoms with E-state index < -0.39 is 11.8 Å². The average Bonchev–Trinajstić information content (AvgIpc) is 3.33. The summed E-state index contributed by atoms with van der Waals surface area (Å²) < 4.78 is 1.60. The van der Waals surface area contributed by atoms with Crippen LogP contribution in [0.4, 0.5) is 0 Å². The number of carbonyl (C=O) groups is 2. The van der Waals surface area contributed by atoms with Gasteiger partial charge < -0.3 is 0 Å². The fraction of sp³-hybridized carbons (Fsp3) is 0. The molecule has 0 saturated heterocycles. The van der Waals surface area contributed by atoms with Gasteiger partial charge in [0.1, 0.15) is 0 Å². The molecule has 3 aromatic carbocycles. The molecule has 0 aliphatic rings. The second-order valence-electron chi connectivity index (χ2n) is 7.16. The number of hydrogen-bond donors (Lipinski definition) is 2. The number of fused-ring (bicyclic) bond motifs is 1. The normalized spacial score (nSPS) is 10.7. The maximum atomic E-state index is 12.8.